The van der Waals surface area contributed by atoms with Crippen LogP contribution in [0.1, 0.15) is 47.0 Å². The zero-order valence-electron chi connectivity index (χ0n) is 13.1. The van der Waals surface area contributed by atoms with Crippen LogP contribution in [0, 0.1) is 5.92 Å². The molecule has 2 atom stereocenters. The third kappa shape index (κ3) is 4.18. The number of hydrogen-bond donors (Lipinski definition) is 1. The quantitative estimate of drug-likeness (QED) is 0.798. The maximum absolute atomic E-state index is 12.3. The second-order valence-electron chi connectivity index (χ2n) is 5.69. The summed E-state index contributed by atoms with van der Waals surface area (Å²) in [4.78, 5) is 16.8. The molecule has 19 heavy (non-hydrogen) atoms. The van der Waals surface area contributed by atoms with Crippen molar-refractivity contribution in [2.24, 2.45) is 11.7 Å². The Morgan fingerprint density at radius 2 is 1.79 bits per heavy atom. The van der Waals surface area contributed by atoms with Crippen LogP contribution in [0.5, 0.6) is 0 Å². The van der Waals surface area contributed by atoms with E-state index < -0.39 is 0 Å². The molecule has 0 saturated carbocycles. The first-order chi connectivity index (χ1) is 9.04. The smallest absolute Gasteiger partial charge is 0.239 e. The van der Waals surface area contributed by atoms with Crippen LogP contribution in [0.15, 0.2) is 0 Å². The number of carbonyl (C=O) groups is 1. The largest absolute Gasteiger partial charge is 0.341 e. The average molecular weight is 269 g/mol. The second kappa shape index (κ2) is 7.85. The Hall–Kier alpha value is -0.610. The fourth-order valence-electron chi connectivity index (χ4n) is 2.90. The van der Waals surface area contributed by atoms with E-state index in [1.54, 1.807) is 0 Å². The summed E-state index contributed by atoms with van der Waals surface area (Å²) >= 11 is 0. The number of amides is 1. The molecular formula is C15H31N3O. The molecule has 0 aromatic rings. The molecule has 1 rings (SSSR count). The number of nitrogens with two attached hydrogens (primary N) is 1. The van der Waals surface area contributed by atoms with E-state index in [-0.39, 0.29) is 17.9 Å². The fraction of sp³-hybridized carbons (Fsp3) is 0.933. The Labute approximate surface area is 118 Å². The topological polar surface area (TPSA) is 49.6 Å². The summed E-state index contributed by atoms with van der Waals surface area (Å²) in [5.74, 6) is 0.417. The minimum atomic E-state index is -0.324. The molecule has 1 fully saturated rings. The SMILES string of the molecule is CCC(C)[C@H](N)C(=O)N1CCC(N(CC)CC)CC1. The van der Waals surface area contributed by atoms with Crippen LogP contribution in [0.4, 0.5) is 0 Å². The Balaban J connectivity index is 2.47. The van der Waals surface area contributed by atoms with Gasteiger partial charge in [-0.05, 0) is 31.8 Å². The normalized spacial score (nSPS) is 20.6. The predicted octanol–water partition coefficient (Wildman–Crippen LogP) is 1.69. The maximum Gasteiger partial charge on any atom is 0.239 e. The molecule has 2 N–H and O–H groups in total. The third-order valence-electron chi connectivity index (χ3n) is 4.65. The Kier molecular flexibility index (Phi) is 6.80. The minimum Gasteiger partial charge on any atom is -0.341 e. The van der Waals surface area contributed by atoms with Crippen LogP contribution in [0.25, 0.3) is 0 Å². The third-order valence-corrected chi connectivity index (χ3v) is 4.65. The van der Waals surface area contributed by atoms with Crippen LogP contribution in [0.2, 0.25) is 0 Å². The van der Waals surface area contributed by atoms with Gasteiger partial charge in [0.05, 0.1) is 6.04 Å². The average Bonchev–Trinajstić information content (AvgIpc) is 2.47. The lowest BCUT2D eigenvalue weighted by atomic mass is 9.96. The van der Waals surface area contributed by atoms with Gasteiger partial charge in [0.15, 0.2) is 0 Å². The van der Waals surface area contributed by atoms with Gasteiger partial charge in [0.2, 0.25) is 5.91 Å². The van der Waals surface area contributed by atoms with Crippen molar-refractivity contribution in [1.29, 1.82) is 0 Å². The Morgan fingerprint density at radius 3 is 2.21 bits per heavy atom. The van der Waals surface area contributed by atoms with E-state index in [9.17, 15) is 4.79 Å². The van der Waals surface area contributed by atoms with Crippen LogP contribution < -0.4 is 5.73 Å². The van der Waals surface area contributed by atoms with Crippen molar-refractivity contribution in [1.82, 2.24) is 9.80 Å². The predicted molar refractivity (Wildman–Crippen MR) is 80.0 cm³/mol. The number of hydrogen-bond acceptors (Lipinski definition) is 3. The van der Waals surface area contributed by atoms with E-state index in [0.717, 1.165) is 45.4 Å². The highest BCUT2D eigenvalue weighted by Crippen LogP contribution is 2.18. The van der Waals surface area contributed by atoms with E-state index in [1.807, 2.05) is 4.90 Å². The molecule has 1 aliphatic heterocycles. The first-order valence-electron chi connectivity index (χ1n) is 7.83. The zero-order valence-corrected chi connectivity index (χ0v) is 13.1. The van der Waals surface area contributed by atoms with Crippen LogP contribution in [-0.2, 0) is 4.79 Å². The molecule has 0 aromatic carbocycles. The number of likely N-dealkylation sites (tertiary alicyclic amines) is 1. The van der Waals surface area contributed by atoms with E-state index in [1.165, 1.54) is 0 Å². The molecule has 0 spiro atoms. The highest BCUT2D eigenvalue weighted by molar-refractivity contribution is 5.82. The molecule has 1 aliphatic rings. The van der Waals surface area contributed by atoms with Crippen molar-refractivity contribution in [2.45, 2.75) is 59.0 Å². The molecule has 0 aliphatic carbocycles. The van der Waals surface area contributed by atoms with Gasteiger partial charge in [-0.1, -0.05) is 34.1 Å². The highest BCUT2D eigenvalue weighted by Gasteiger charge is 2.29. The summed E-state index contributed by atoms with van der Waals surface area (Å²) in [5, 5.41) is 0. The van der Waals surface area contributed by atoms with Crippen molar-refractivity contribution in [3.05, 3.63) is 0 Å². The molecule has 1 unspecified atom stereocenters. The van der Waals surface area contributed by atoms with Gasteiger partial charge in [-0.3, -0.25) is 4.79 Å². The monoisotopic (exact) mass is 269 g/mol. The molecule has 0 radical (unpaired) electrons. The zero-order chi connectivity index (χ0) is 14.4. The Bertz CT molecular complexity index is 271. The summed E-state index contributed by atoms with van der Waals surface area (Å²) in [5.41, 5.74) is 6.05. The van der Waals surface area contributed by atoms with Crippen molar-refractivity contribution in [2.75, 3.05) is 26.2 Å². The molecule has 4 heteroatoms. The molecule has 1 heterocycles. The van der Waals surface area contributed by atoms with Crippen molar-refractivity contribution in [3.8, 4) is 0 Å². The van der Waals surface area contributed by atoms with Gasteiger partial charge < -0.3 is 15.5 Å². The van der Waals surface area contributed by atoms with Crippen LogP contribution in [0.3, 0.4) is 0 Å². The van der Waals surface area contributed by atoms with Crippen LogP contribution in [-0.4, -0.2) is 54.0 Å². The molecular weight excluding hydrogens is 238 g/mol. The number of rotatable bonds is 6. The standard InChI is InChI=1S/C15H31N3O/c1-5-12(4)14(16)15(19)18-10-8-13(9-11-18)17(6-2)7-3/h12-14H,5-11,16H2,1-4H3/t12?,14-/m0/s1. The van der Waals surface area contributed by atoms with Gasteiger partial charge in [0, 0.05) is 19.1 Å². The lowest BCUT2D eigenvalue weighted by Crippen LogP contribution is -2.52. The van der Waals surface area contributed by atoms with E-state index in [2.05, 4.69) is 32.6 Å². The van der Waals surface area contributed by atoms with Gasteiger partial charge >= 0.3 is 0 Å². The summed E-state index contributed by atoms with van der Waals surface area (Å²) in [7, 11) is 0. The first kappa shape index (κ1) is 16.4. The van der Waals surface area contributed by atoms with Crippen molar-refractivity contribution >= 4 is 5.91 Å². The molecule has 112 valence electrons. The molecule has 0 bridgehead atoms. The van der Waals surface area contributed by atoms with Crippen molar-refractivity contribution < 1.29 is 4.79 Å². The lowest BCUT2D eigenvalue weighted by molar-refractivity contribution is -0.135. The van der Waals surface area contributed by atoms with Gasteiger partial charge in [0.1, 0.15) is 0 Å². The molecule has 0 aromatic heterocycles. The molecule has 4 nitrogen and oxygen atoms in total. The summed E-state index contributed by atoms with van der Waals surface area (Å²) in [6.07, 6.45) is 3.13. The summed E-state index contributed by atoms with van der Waals surface area (Å²) in [6, 6.07) is 0.314. The van der Waals surface area contributed by atoms with Gasteiger partial charge in [0.25, 0.3) is 0 Å². The number of carbonyl (C=O) groups excluding carboxylic acids is 1. The summed E-state index contributed by atoms with van der Waals surface area (Å²) < 4.78 is 0. The molecule has 1 saturated heterocycles. The minimum absolute atomic E-state index is 0.146. The van der Waals surface area contributed by atoms with Crippen molar-refractivity contribution in [3.63, 3.8) is 0 Å². The molecule has 1 amide bonds. The van der Waals surface area contributed by atoms with Gasteiger partial charge in [-0.25, -0.2) is 0 Å². The van der Waals surface area contributed by atoms with Crippen LogP contribution >= 0.6 is 0 Å². The van der Waals surface area contributed by atoms with E-state index in [0.29, 0.717) is 6.04 Å². The second-order valence-corrected chi connectivity index (χ2v) is 5.69. The Morgan fingerprint density at radius 1 is 1.26 bits per heavy atom. The highest BCUT2D eigenvalue weighted by atomic mass is 16.2. The van der Waals surface area contributed by atoms with E-state index >= 15 is 0 Å². The maximum atomic E-state index is 12.3. The van der Waals surface area contributed by atoms with E-state index in [4.69, 9.17) is 5.73 Å². The lowest BCUT2D eigenvalue weighted by Gasteiger charge is -2.39. The fourth-order valence-corrected chi connectivity index (χ4v) is 2.90. The first-order valence-corrected chi connectivity index (χ1v) is 7.83. The van der Waals surface area contributed by atoms with Gasteiger partial charge in [-0.15, -0.1) is 0 Å². The number of piperidine rings is 1. The summed E-state index contributed by atoms with van der Waals surface area (Å²) in [6.45, 7) is 12.5. The number of nitrogens with zero attached hydrogens (tertiary/aromatic N) is 2. The van der Waals surface area contributed by atoms with Gasteiger partial charge in [-0.2, -0.15) is 0 Å².